The molecule has 0 radical (unpaired) electrons. The van der Waals surface area contributed by atoms with Crippen LogP contribution in [0.2, 0.25) is 5.02 Å². The van der Waals surface area contributed by atoms with Crippen LogP contribution in [-0.2, 0) is 4.74 Å². The van der Waals surface area contributed by atoms with Gasteiger partial charge < -0.3 is 15.4 Å². The van der Waals surface area contributed by atoms with Crippen LogP contribution < -0.4 is 5.73 Å². The summed E-state index contributed by atoms with van der Waals surface area (Å²) in [5, 5.41) is 30.2. The summed E-state index contributed by atoms with van der Waals surface area (Å²) in [6.45, 7) is 2.37. The monoisotopic (exact) mass is 407 g/mol. The fraction of sp³-hybridized carbons (Fsp3) is 0.333. The third-order valence-corrected chi connectivity index (χ3v) is 5.63. The number of carbonyl (C=O) groups is 1. The smallest absolute Gasteiger partial charge is 0.410 e. The molecule has 1 aromatic rings. The van der Waals surface area contributed by atoms with E-state index in [2.05, 4.69) is 18.2 Å². The number of rotatable bonds is 2. The predicted molar refractivity (Wildman–Crippen MR) is 105 cm³/mol. The SMILES string of the molecule is CCOC(=O)N1CC=C2C(C#N)=C(N)C(C#N)(C#N)C(c3cccc(Cl)c3)C2C1. The molecule has 2 unspecified atom stereocenters. The molecule has 1 aliphatic heterocycles. The number of halogens is 1. The Morgan fingerprint density at radius 1 is 1.38 bits per heavy atom. The lowest BCUT2D eigenvalue weighted by molar-refractivity contribution is 0.0999. The van der Waals surface area contributed by atoms with Gasteiger partial charge in [0.2, 0.25) is 0 Å². The zero-order chi connectivity index (χ0) is 21.2. The lowest BCUT2D eigenvalue weighted by Crippen LogP contribution is -2.49. The predicted octanol–water partition coefficient (Wildman–Crippen LogP) is 3.22. The van der Waals surface area contributed by atoms with Crippen LogP contribution in [0.5, 0.6) is 0 Å². The summed E-state index contributed by atoms with van der Waals surface area (Å²) in [5.74, 6) is -1.20. The molecular formula is C21H18ClN5O2. The maximum atomic E-state index is 12.3. The third-order valence-electron chi connectivity index (χ3n) is 5.40. The molecule has 0 fully saturated rings. The van der Waals surface area contributed by atoms with E-state index in [-0.39, 0.29) is 31.0 Å². The molecule has 1 heterocycles. The molecule has 7 nitrogen and oxygen atoms in total. The Balaban J connectivity index is 2.24. The van der Waals surface area contributed by atoms with E-state index in [0.717, 1.165) is 0 Å². The van der Waals surface area contributed by atoms with Crippen molar-refractivity contribution in [3.8, 4) is 18.2 Å². The van der Waals surface area contributed by atoms with Gasteiger partial charge in [0, 0.05) is 29.9 Å². The van der Waals surface area contributed by atoms with Gasteiger partial charge >= 0.3 is 6.09 Å². The highest BCUT2D eigenvalue weighted by molar-refractivity contribution is 6.30. The lowest BCUT2D eigenvalue weighted by atomic mass is 9.58. The van der Waals surface area contributed by atoms with E-state index in [1.165, 1.54) is 4.90 Å². The van der Waals surface area contributed by atoms with Crippen LogP contribution in [0, 0.1) is 45.3 Å². The minimum atomic E-state index is -1.77. The molecule has 8 heteroatoms. The summed E-state index contributed by atoms with van der Waals surface area (Å²) in [7, 11) is 0. The number of amides is 1. The number of benzene rings is 1. The Morgan fingerprint density at radius 2 is 2.10 bits per heavy atom. The molecule has 0 aromatic heterocycles. The first-order chi connectivity index (χ1) is 13.9. The van der Waals surface area contributed by atoms with Gasteiger partial charge in [-0.1, -0.05) is 29.8 Å². The number of carbonyl (C=O) groups excluding carboxylic acids is 1. The lowest BCUT2D eigenvalue weighted by Gasteiger charge is -2.45. The minimum absolute atomic E-state index is 0.0675. The summed E-state index contributed by atoms with van der Waals surface area (Å²) in [6.07, 6.45) is 1.25. The van der Waals surface area contributed by atoms with Crippen LogP contribution in [0.15, 0.2) is 47.2 Å². The Labute approximate surface area is 173 Å². The van der Waals surface area contributed by atoms with Gasteiger partial charge in [0.05, 0.1) is 30.0 Å². The fourth-order valence-electron chi connectivity index (χ4n) is 4.12. The zero-order valence-electron chi connectivity index (χ0n) is 15.7. The Morgan fingerprint density at radius 3 is 2.69 bits per heavy atom. The van der Waals surface area contributed by atoms with Crippen LogP contribution >= 0.6 is 11.6 Å². The second kappa shape index (κ2) is 7.87. The topological polar surface area (TPSA) is 127 Å². The number of nitriles is 3. The van der Waals surface area contributed by atoms with Crippen LogP contribution in [0.25, 0.3) is 0 Å². The maximum absolute atomic E-state index is 12.3. The van der Waals surface area contributed by atoms with E-state index in [1.54, 1.807) is 37.3 Å². The van der Waals surface area contributed by atoms with Crippen molar-refractivity contribution in [2.45, 2.75) is 12.8 Å². The molecule has 0 spiro atoms. The number of nitrogens with two attached hydrogens (primary N) is 1. The molecule has 1 aromatic carbocycles. The molecule has 2 atom stereocenters. The van der Waals surface area contributed by atoms with E-state index in [1.807, 2.05) is 0 Å². The van der Waals surface area contributed by atoms with E-state index in [4.69, 9.17) is 22.1 Å². The maximum Gasteiger partial charge on any atom is 0.410 e. The molecule has 3 rings (SSSR count). The molecule has 0 bridgehead atoms. The van der Waals surface area contributed by atoms with E-state index < -0.39 is 23.3 Å². The molecule has 2 aliphatic rings. The van der Waals surface area contributed by atoms with E-state index >= 15 is 0 Å². The normalized spacial score (nSPS) is 22.4. The van der Waals surface area contributed by atoms with Gasteiger partial charge in [0.15, 0.2) is 5.41 Å². The van der Waals surface area contributed by atoms with E-state index in [0.29, 0.717) is 16.2 Å². The minimum Gasteiger partial charge on any atom is -0.450 e. The van der Waals surface area contributed by atoms with Crippen LogP contribution in [0.1, 0.15) is 18.4 Å². The second-order valence-corrected chi connectivity index (χ2v) is 7.27. The molecule has 2 N–H and O–H groups in total. The highest BCUT2D eigenvalue weighted by Crippen LogP contribution is 2.54. The summed E-state index contributed by atoms with van der Waals surface area (Å²) < 4.78 is 5.10. The van der Waals surface area contributed by atoms with Gasteiger partial charge in [-0.3, -0.25) is 0 Å². The quantitative estimate of drug-likeness (QED) is 0.801. The molecule has 29 heavy (non-hydrogen) atoms. The van der Waals surface area contributed by atoms with Gasteiger partial charge in [-0.25, -0.2) is 4.79 Å². The molecule has 0 saturated carbocycles. The highest BCUT2D eigenvalue weighted by atomic mass is 35.5. The van der Waals surface area contributed by atoms with Gasteiger partial charge in [-0.2, -0.15) is 15.8 Å². The highest BCUT2D eigenvalue weighted by Gasteiger charge is 2.54. The Hall–Kier alpha value is -3.47. The standard InChI is InChI=1S/C21H18ClN5O2/c1-2-29-20(28)27-7-6-15-16(9-23)19(26)21(11-24,12-25)18(17(15)10-27)13-4-3-5-14(22)8-13/h3-6,8,17-18H,2,7,10,26H2,1H3. The van der Waals surface area contributed by atoms with Crippen molar-refractivity contribution in [1.82, 2.24) is 4.90 Å². The average molecular weight is 408 g/mol. The molecule has 146 valence electrons. The number of ether oxygens (including phenoxy) is 1. The summed E-state index contributed by atoms with van der Waals surface area (Å²) in [6, 6.07) is 13.0. The largest absolute Gasteiger partial charge is 0.450 e. The van der Waals surface area contributed by atoms with Crippen LogP contribution in [-0.4, -0.2) is 30.7 Å². The van der Waals surface area contributed by atoms with Crippen molar-refractivity contribution in [3.63, 3.8) is 0 Å². The van der Waals surface area contributed by atoms with E-state index in [9.17, 15) is 20.6 Å². The first-order valence-electron chi connectivity index (χ1n) is 9.03. The summed E-state index contributed by atoms with van der Waals surface area (Å²) in [4.78, 5) is 13.8. The zero-order valence-corrected chi connectivity index (χ0v) is 16.5. The van der Waals surface area contributed by atoms with Gasteiger partial charge in [-0.05, 0) is 30.2 Å². The first kappa shape index (κ1) is 20.3. The molecular weight excluding hydrogens is 390 g/mol. The summed E-state index contributed by atoms with van der Waals surface area (Å²) >= 11 is 6.17. The fourth-order valence-corrected chi connectivity index (χ4v) is 4.32. The first-order valence-corrected chi connectivity index (χ1v) is 9.41. The summed E-state index contributed by atoms with van der Waals surface area (Å²) in [5.41, 5.74) is 5.80. The van der Waals surface area contributed by atoms with Crippen molar-refractivity contribution in [2.75, 3.05) is 19.7 Å². The molecule has 1 amide bonds. The van der Waals surface area contributed by atoms with Gasteiger partial charge in [0.25, 0.3) is 0 Å². The second-order valence-electron chi connectivity index (χ2n) is 6.83. The van der Waals surface area contributed by atoms with Crippen LogP contribution in [0.3, 0.4) is 0 Å². The number of allylic oxidation sites excluding steroid dienone is 2. The molecule has 0 saturated heterocycles. The third kappa shape index (κ3) is 3.18. The van der Waals surface area contributed by atoms with Crippen molar-refractivity contribution in [1.29, 1.82) is 15.8 Å². The van der Waals surface area contributed by atoms with Crippen molar-refractivity contribution < 1.29 is 9.53 Å². The Bertz CT molecular complexity index is 1030. The average Bonchev–Trinajstić information content (AvgIpc) is 2.73. The van der Waals surface area contributed by atoms with Gasteiger partial charge in [0.1, 0.15) is 6.07 Å². The molecule has 1 aliphatic carbocycles. The van der Waals surface area contributed by atoms with Crippen molar-refractivity contribution in [2.24, 2.45) is 17.1 Å². The Kier molecular flexibility index (Phi) is 5.50. The van der Waals surface area contributed by atoms with Crippen molar-refractivity contribution in [3.05, 3.63) is 57.8 Å². The number of nitrogens with zero attached hydrogens (tertiary/aromatic N) is 4. The van der Waals surface area contributed by atoms with Crippen LogP contribution in [0.4, 0.5) is 4.79 Å². The van der Waals surface area contributed by atoms with Crippen molar-refractivity contribution >= 4 is 17.7 Å². The number of hydrogen-bond acceptors (Lipinski definition) is 6. The number of hydrogen-bond donors (Lipinski definition) is 1. The number of fused-ring (bicyclic) bond motifs is 1. The van der Waals surface area contributed by atoms with Gasteiger partial charge in [-0.15, -0.1) is 0 Å².